The molecule has 20 heavy (non-hydrogen) atoms. The van der Waals surface area contributed by atoms with Crippen molar-refractivity contribution in [2.75, 3.05) is 26.5 Å². The summed E-state index contributed by atoms with van der Waals surface area (Å²) in [6, 6.07) is 6.09. The Balaban J connectivity index is 3.07. The van der Waals surface area contributed by atoms with E-state index < -0.39 is 21.3 Å². The van der Waals surface area contributed by atoms with Gasteiger partial charge in [0.25, 0.3) is 0 Å². The lowest BCUT2D eigenvalue weighted by atomic mass is 9.91. The van der Waals surface area contributed by atoms with Crippen LogP contribution in [0.25, 0.3) is 0 Å². The van der Waals surface area contributed by atoms with Crippen LogP contribution in [0.4, 0.5) is 0 Å². The molecule has 0 spiro atoms. The average Bonchev–Trinajstić information content (AvgIpc) is 2.37. The molecule has 0 saturated carbocycles. The monoisotopic (exact) mass is 300 g/mol. The summed E-state index contributed by atoms with van der Waals surface area (Å²) in [5.41, 5.74) is 4.98. The van der Waals surface area contributed by atoms with E-state index in [9.17, 15) is 13.2 Å². The maximum atomic E-state index is 11.7. The van der Waals surface area contributed by atoms with Crippen LogP contribution in [0.15, 0.2) is 29.2 Å². The molecule has 0 aliphatic heterocycles. The molecule has 0 radical (unpaired) electrons. The van der Waals surface area contributed by atoms with Gasteiger partial charge in [0.1, 0.15) is 5.54 Å². The van der Waals surface area contributed by atoms with Gasteiger partial charge in [0.05, 0.1) is 11.5 Å². The number of carbonyl (C=O) groups excluding carboxylic acids is 1. The maximum Gasteiger partial charge on any atom is 0.242 e. The largest absolute Gasteiger partial charge is 0.383 e. The Labute approximate surface area is 119 Å². The van der Waals surface area contributed by atoms with Gasteiger partial charge in [-0.1, -0.05) is 12.1 Å². The number of amides is 1. The van der Waals surface area contributed by atoms with Crippen molar-refractivity contribution in [1.82, 2.24) is 5.32 Å². The van der Waals surface area contributed by atoms with Crippen molar-refractivity contribution < 1.29 is 17.9 Å². The van der Waals surface area contributed by atoms with Gasteiger partial charge in [-0.05, 0) is 24.6 Å². The highest BCUT2D eigenvalue weighted by atomic mass is 32.2. The van der Waals surface area contributed by atoms with E-state index in [-0.39, 0.29) is 4.90 Å². The Morgan fingerprint density at radius 2 is 1.90 bits per heavy atom. The fraction of sp³-hybridized carbons (Fsp3) is 0.462. The van der Waals surface area contributed by atoms with E-state index in [1.807, 2.05) is 0 Å². The molecule has 7 heteroatoms. The van der Waals surface area contributed by atoms with Gasteiger partial charge in [-0.15, -0.1) is 0 Å². The summed E-state index contributed by atoms with van der Waals surface area (Å²) in [5.74, 6) is -0.541. The van der Waals surface area contributed by atoms with E-state index in [0.29, 0.717) is 18.7 Å². The summed E-state index contributed by atoms with van der Waals surface area (Å²) < 4.78 is 27.8. The average molecular weight is 300 g/mol. The fourth-order valence-electron chi connectivity index (χ4n) is 1.77. The number of methoxy groups -OCH3 is 1. The first-order valence-electron chi connectivity index (χ1n) is 6.06. The lowest BCUT2D eigenvalue weighted by Crippen LogP contribution is -2.51. The molecule has 6 nitrogen and oxygen atoms in total. The summed E-state index contributed by atoms with van der Waals surface area (Å²) in [6.07, 6.45) is 1.13. The standard InChI is InChI=1S/C13H20N2O4S/c1-13(12(14)16,15-8-9-19-2)10-4-6-11(7-5-10)20(3,17)18/h4-7,15H,8-9H2,1-3H3,(H2,14,16). The number of rotatable bonds is 7. The zero-order valence-corrected chi connectivity index (χ0v) is 12.7. The maximum absolute atomic E-state index is 11.7. The lowest BCUT2D eigenvalue weighted by Gasteiger charge is -2.28. The van der Waals surface area contributed by atoms with Gasteiger partial charge < -0.3 is 10.5 Å². The lowest BCUT2D eigenvalue weighted by molar-refractivity contribution is -0.124. The highest BCUT2D eigenvalue weighted by Gasteiger charge is 2.32. The number of primary amides is 1. The summed E-state index contributed by atoms with van der Waals surface area (Å²) in [5, 5.41) is 3.02. The van der Waals surface area contributed by atoms with Crippen molar-refractivity contribution >= 4 is 15.7 Å². The van der Waals surface area contributed by atoms with Gasteiger partial charge in [-0.3, -0.25) is 10.1 Å². The number of sulfone groups is 1. The Morgan fingerprint density at radius 1 is 1.35 bits per heavy atom. The number of benzene rings is 1. The molecule has 1 atom stereocenters. The van der Waals surface area contributed by atoms with Crippen LogP contribution in [0.3, 0.4) is 0 Å². The first-order chi connectivity index (χ1) is 9.21. The van der Waals surface area contributed by atoms with Crippen molar-refractivity contribution in [3.8, 4) is 0 Å². The molecule has 1 aromatic rings. The molecule has 1 amide bonds. The summed E-state index contributed by atoms with van der Waals surface area (Å²) in [6.45, 7) is 2.54. The second-order valence-electron chi connectivity index (χ2n) is 4.71. The molecule has 1 aromatic carbocycles. The predicted molar refractivity (Wildman–Crippen MR) is 76.0 cm³/mol. The van der Waals surface area contributed by atoms with Crippen LogP contribution in [-0.2, 0) is 24.9 Å². The van der Waals surface area contributed by atoms with E-state index in [2.05, 4.69) is 5.32 Å². The van der Waals surface area contributed by atoms with Gasteiger partial charge >= 0.3 is 0 Å². The third-order valence-corrected chi connectivity index (χ3v) is 4.27. The summed E-state index contributed by atoms with van der Waals surface area (Å²) in [7, 11) is -1.70. The minimum absolute atomic E-state index is 0.199. The highest BCUT2D eigenvalue weighted by molar-refractivity contribution is 7.90. The number of hydrogen-bond donors (Lipinski definition) is 2. The molecule has 0 aliphatic rings. The Bertz CT molecular complexity index is 569. The SMILES string of the molecule is COCCNC(C)(C(N)=O)c1ccc(S(C)(=O)=O)cc1. The molecule has 3 N–H and O–H groups in total. The third-order valence-electron chi connectivity index (χ3n) is 3.14. The van der Waals surface area contributed by atoms with Crippen LogP contribution in [0.1, 0.15) is 12.5 Å². The van der Waals surface area contributed by atoms with E-state index in [1.165, 1.54) is 12.1 Å². The number of hydrogen-bond acceptors (Lipinski definition) is 5. The molecule has 0 heterocycles. The van der Waals surface area contributed by atoms with Gasteiger partial charge in [0, 0.05) is 19.9 Å². The second-order valence-corrected chi connectivity index (χ2v) is 6.72. The van der Waals surface area contributed by atoms with Gasteiger partial charge in [-0.2, -0.15) is 0 Å². The zero-order chi connectivity index (χ0) is 15.4. The summed E-state index contributed by atoms with van der Waals surface area (Å²) in [4.78, 5) is 11.9. The molecule has 0 bridgehead atoms. The van der Waals surface area contributed by atoms with E-state index in [1.54, 1.807) is 26.2 Å². The molecular formula is C13H20N2O4S. The van der Waals surface area contributed by atoms with Crippen LogP contribution in [0, 0.1) is 0 Å². The van der Waals surface area contributed by atoms with E-state index in [0.717, 1.165) is 6.26 Å². The normalized spacial score (nSPS) is 14.8. The topological polar surface area (TPSA) is 98.5 Å². The van der Waals surface area contributed by atoms with Crippen LogP contribution in [-0.4, -0.2) is 40.8 Å². The van der Waals surface area contributed by atoms with Crippen molar-refractivity contribution in [3.63, 3.8) is 0 Å². The first-order valence-corrected chi connectivity index (χ1v) is 7.95. The summed E-state index contributed by atoms with van der Waals surface area (Å²) >= 11 is 0. The number of nitrogens with two attached hydrogens (primary N) is 1. The van der Waals surface area contributed by atoms with Gasteiger partial charge in [-0.25, -0.2) is 8.42 Å². The zero-order valence-electron chi connectivity index (χ0n) is 11.8. The molecule has 1 unspecified atom stereocenters. The Hall–Kier alpha value is -1.44. The molecule has 1 rings (SSSR count). The first kappa shape index (κ1) is 16.6. The molecule has 0 aliphatic carbocycles. The molecule has 0 saturated heterocycles. The Kier molecular flexibility index (Phi) is 5.27. The minimum atomic E-state index is -3.26. The number of nitrogens with one attached hydrogen (secondary N) is 1. The minimum Gasteiger partial charge on any atom is -0.383 e. The number of carbonyl (C=O) groups is 1. The fourth-order valence-corrected chi connectivity index (χ4v) is 2.40. The predicted octanol–water partition coefficient (Wildman–Crippen LogP) is 0.0266. The third kappa shape index (κ3) is 3.78. The molecular weight excluding hydrogens is 280 g/mol. The van der Waals surface area contributed by atoms with Gasteiger partial charge in [0.15, 0.2) is 9.84 Å². The van der Waals surface area contributed by atoms with Crippen molar-refractivity contribution in [1.29, 1.82) is 0 Å². The smallest absolute Gasteiger partial charge is 0.242 e. The van der Waals surface area contributed by atoms with Crippen molar-refractivity contribution in [3.05, 3.63) is 29.8 Å². The van der Waals surface area contributed by atoms with Crippen LogP contribution in [0.2, 0.25) is 0 Å². The Morgan fingerprint density at radius 3 is 2.30 bits per heavy atom. The second kappa shape index (κ2) is 6.34. The molecule has 0 aromatic heterocycles. The molecule has 0 fully saturated rings. The van der Waals surface area contributed by atoms with Crippen molar-refractivity contribution in [2.24, 2.45) is 5.73 Å². The highest BCUT2D eigenvalue weighted by Crippen LogP contribution is 2.22. The quantitative estimate of drug-likeness (QED) is 0.692. The van der Waals surface area contributed by atoms with E-state index in [4.69, 9.17) is 10.5 Å². The van der Waals surface area contributed by atoms with Crippen LogP contribution in [0.5, 0.6) is 0 Å². The van der Waals surface area contributed by atoms with Crippen LogP contribution < -0.4 is 11.1 Å². The van der Waals surface area contributed by atoms with E-state index >= 15 is 0 Å². The van der Waals surface area contributed by atoms with Crippen LogP contribution >= 0.6 is 0 Å². The molecule has 112 valence electrons. The van der Waals surface area contributed by atoms with Gasteiger partial charge in [0.2, 0.25) is 5.91 Å². The number of ether oxygens (including phenoxy) is 1. The van der Waals surface area contributed by atoms with Crippen molar-refractivity contribution in [2.45, 2.75) is 17.4 Å².